The van der Waals surface area contributed by atoms with E-state index >= 15 is 0 Å². The molecule has 1 nitrogen and oxygen atoms in total. The van der Waals surface area contributed by atoms with Gasteiger partial charge in [0.25, 0.3) is 0 Å². The molecule has 0 saturated heterocycles. The maximum atomic E-state index is 2.56. The molecule has 0 radical (unpaired) electrons. The van der Waals surface area contributed by atoms with Gasteiger partial charge in [-0.15, -0.1) is 0 Å². The Labute approximate surface area is 83.5 Å². The molecule has 1 heteroatoms. The van der Waals surface area contributed by atoms with Crippen LogP contribution in [0.1, 0.15) is 47.5 Å². The van der Waals surface area contributed by atoms with Crippen LogP contribution in [0.3, 0.4) is 0 Å². The molecular weight excluding hydrogens is 158 g/mol. The summed E-state index contributed by atoms with van der Waals surface area (Å²) in [6.45, 7) is 11.7. The average Bonchev–Trinajstić information content (AvgIpc) is 2.83. The van der Waals surface area contributed by atoms with Gasteiger partial charge in [0.2, 0.25) is 0 Å². The zero-order chi connectivity index (χ0) is 10.2. The quantitative estimate of drug-likeness (QED) is 0.647. The molecule has 0 aromatic rings. The predicted molar refractivity (Wildman–Crippen MR) is 58.9 cm³/mol. The van der Waals surface area contributed by atoms with Gasteiger partial charge in [-0.2, -0.15) is 0 Å². The van der Waals surface area contributed by atoms with Gasteiger partial charge in [0.05, 0.1) is 0 Å². The minimum atomic E-state index is 0.406. The fraction of sp³-hybridized carbons (Fsp3) is 1.00. The van der Waals surface area contributed by atoms with Crippen LogP contribution in [0, 0.1) is 11.8 Å². The molecule has 1 unspecified atom stereocenters. The van der Waals surface area contributed by atoms with E-state index in [0.29, 0.717) is 11.6 Å². The molecule has 0 amide bonds. The lowest BCUT2D eigenvalue weighted by atomic mass is 9.92. The highest BCUT2D eigenvalue weighted by molar-refractivity contribution is 4.96. The summed E-state index contributed by atoms with van der Waals surface area (Å²) < 4.78 is 0. The van der Waals surface area contributed by atoms with E-state index in [2.05, 4.69) is 46.6 Å². The van der Waals surface area contributed by atoms with Gasteiger partial charge >= 0.3 is 0 Å². The first-order chi connectivity index (χ1) is 5.87. The van der Waals surface area contributed by atoms with Gasteiger partial charge in [-0.1, -0.05) is 13.8 Å². The minimum Gasteiger partial charge on any atom is -0.298 e. The van der Waals surface area contributed by atoms with Crippen molar-refractivity contribution in [2.75, 3.05) is 7.05 Å². The van der Waals surface area contributed by atoms with Crippen molar-refractivity contribution in [2.45, 2.75) is 59.0 Å². The third-order valence-electron chi connectivity index (χ3n) is 4.06. The van der Waals surface area contributed by atoms with Gasteiger partial charge in [-0.25, -0.2) is 0 Å². The summed E-state index contributed by atoms with van der Waals surface area (Å²) >= 11 is 0. The molecule has 0 heterocycles. The molecule has 0 spiro atoms. The Balaban J connectivity index is 2.58. The topological polar surface area (TPSA) is 3.24 Å². The molecule has 0 N–H and O–H groups in total. The highest BCUT2D eigenvalue weighted by Crippen LogP contribution is 2.43. The molecule has 1 aliphatic rings. The Bertz CT molecular complexity index is 168. The lowest BCUT2D eigenvalue weighted by Gasteiger charge is -2.42. The first kappa shape index (κ1) is 11.0. The maximum absolute atomic E-state index is 2.56. The Morgan fingerprint density at radius 2 is 1.62 bits per heavy atom. The number of hydrogen-bond acceptors (Lipinski definition) is 1. The predicted octanol–water partition coefficient (Wildman–Crippen LogP) is 3.15. The van der Waals surface area contributed by atoms with E-state index in [4.69, 9.17) is 0 Å². The maximum Gasteiger partial charge on any atom is 0.0181 e. The molecule has 0 aromatic carbocycles. The summed E-state index contributed by atoms with van der Waals surface area (Å²) in [4.78, 5) is 2.56. The average molecular weight is 183 g/mol. The Kier molecular flexibility index (Phi) is 3.06. The summed E-state index contributed by atoms with van der Waals surface area (Å²) in [6.07, 6.45) is 2.87. The van der Waals surface area contributed by atoms with Crippen LogP contribution < -0.4 is 0 Å². The van der Waals surface area contributed by atoms with Gasteiger partial charge in [-0.05, 0) is 52.5 Å². The second-order valence-corrected chi connectivity index (χ2v) is 5.52. The molecule has 1 fully saturated rings. The molecule has 78 valence electrons. The van der Waals surface area contributed by atoms with E-state index in [-0.39, 0.29) is 0 Å². The SMILES string of the molecule is CC(C)C(C)N(C)C(C)(C)C1CC1. The number of hydrogen-bond donors (Lipinski definition) is 0. The molecule has 1 atom stereocenters. The Hall–Kier alpha value is -0.0400. The van der Waals surface area contributed by atoms with E-state index in [1.807, 2.05) is 0 Å². The minimum absolute atomic E-state index is 0.406. The summed E-state index contributed by atoms with van der Waals surface area (Å²) in [7, 11) is 2.28. The van der Waals surface area contributed by atoms with E-state index in [9.17, 15) is 0 Å². The van der Waals surface area contributed by atoms with E-state index in [1.54, 1.807) is 0 Å². The second kappa shape index (κ2) is 3.61. The molecule has 1 rings (SSSR count). The van der Waals surface area contributed by atoms with Crippen molar-refractivity contribution in [3.8, 4) is 0 Å². The summed E-state index contributed by atoms with van der Waals surface area (Å²) in [5.74, 6) is 1.70. The molecule has 0 aromatic heterocycles. The first-order valence-corrected chi connectivity index (χ1v) is 5.60. The van der Waals surface area contributed by atoms with Gasteiger partial charge in [0.1, 0.15) is 0 Å². The zero-order valence-electron chi connectivity index (χ0n) is 10.1. The summed E-state index contributed by atoms with van der Waals surface area (Å²) in [5, 5.41) is 0. The molecular formula is C12H25N. The van der Waals surface area contributed by atoms with Crippen LogP contribution in [0.4, 0.5) is 0 Å². The third-order valence-corrected chi connectivity index (χ3v) is 4.06. The van der Waals surface area contributed by atoms with Crippen molar-refractivity contribution < 1.29 is 0 Å². The monoisotopic (exact) mass is 183 g/mol. The van der Waals surface area contributed by atoms with E-state index < -0.39 is 0 Å². The normalized spacial score (nSPS) is 21.2. The lowest BCUT2D eigenvalue weighted by Crippen LogP contribution is -2.49. The van der Waals surface area contributed by atoms with Gasteiger partial charge in [0.15, 0.2) is 0 Å². The fourth-order valence-electron chi connectivity index (χ4n) is 2.05. The van der Waals surface area contributed by atoms with Crippen molar-refractivity contribution >= 4 is 0 Å². The summed E-state index contributed by atoms with van der Waals surface area (Å²) in [6, 6.07) is 0.690. The van der Waals surface area contributed by atoms with Gasteiger partial charge < -0.3 is 0 Å². The Morgan fingerprint density at radius 3 is 1.92 bits per heavy atom. The third kappa shape index (κ3) is 2.25. The van der Waals surface area contributed by atoms with Crippen molar-refractivity contribution in [3.63, 3.8) is 0 Å². The first-order valence-electron chi connectivity index (χ1n) is 5.60. The van der Waals surface area contributed by atoms with Crippen LogP contribution in [-0.4, -0.2) is 23.5 Å². The van der Waals surface area contributed by atoms with Crippen molar-refractivity contribution in [1.82, 2.24) is 4.90 Å². The highest BCUT2D eigenvalue weighted by Gasteiger charge is 2.42. The lowest BCUT2D eigenvalue weighted by molar-refractivity contribution is 0.0674. The van der Waals surface area contributed by atoms with Crippen LogP contribution in [0.2, 0.25) is 0 Å². The van der Waals surface area contributed by atoms with Crippen LogP contribution >= 0.6 is 0 Å². The molecule has 1 aliphatic carbocycles. The van der Waals surface area contributed by atoms with Crippen LogP contribution in [-0.2, 0) is 0 Å². The largest absolute Gasteiger partial charge is 0.298 e. The van der Waals surface area contributed by atoms with Crippen molar-refractivity contribution in [3.05, 3.63) is 0 Å². The Morgan fingerprint density at radius 1 is 1.15 bits per heavy atom. The van der Waals surface area contributed by atoms with Crippen LogP contribution in [0.25, 0.3) is 0 Å². The van der Waals surface area contributed by atoms with Crippen LogP contribution in [0.15, 0.2) is 0 Å². The molecule has 0 aliphatic heterocycles. The highest BCUT2D eigenvalue weighted by atomic mass is 15.2. The summed E-state index contributed by atoms with van der Waals surface area (Å²) in [5.41, 5.74) is 0.406. The van der Waals surface area contributed by atoms with E-state index in [1.165, 1.54) is 12.8 Å². The molecule has 0 bridgehead atoms. The zero-order valence-corrected chi connectivity index (χ0v) is 10.1. The fourth-order valence-corrected chi connectivity index (χ4v) is 2.05. The number of rotatable bonds is 4. The standard InChI is InChI=1S/C12H25N/c1-9(2)10(3)13(6)12(4,5)11-7-8-11/h9-11H,7-8H2,1-6H3. The van der Waals surface area contributed by atoms with Crippen molar-refractivity contribution in [1.29, 1.82) is 0 Å². The molecule has 13 heavy (non-hydrogen) atoms. The van der Waals surface area contributed by atoms with E-state index in [0.717, 1.165) is 11.8 Å². The smallest absolute Gasteiger partial charge is 0.0181 e. The van der Waals surface area contributed by atoms with Crippen molar-refractivity contribution in [2.24, 2.45) is 11.8 Å². The van der Waals surface area contributed by atoms with Gasteiger partial charge in [0, 0.05) is 11.6 Å². The second-order valence-electron chi connectivity index (χ2n) is 5.52. The molecule has 1 saturated carbocycles. The number of nitrogens with zero attached hydrogens (tertiary/aromatic N) is 1. The van der Waals surface area contributed by atoms with Crippen LogP contribution in [0.5, 0.6) is 0 Å². The van der Waals surface area contributed by atoms with Gasteiger partial charge in [-0.3, -0.25) is 4.90 Å².